The molecule has 1 aliphatic heterocycles. The summed E-state index contributed by atoms with van der Waals surface area (Å²) in [5, 5.41) is 1.54. The van der Waals surface area contributed by atoms with Gasteiger partial charge in [0, 0.05) is 20.7 Å². The van der Waals surface area contributed by atoms with Crippen molar-refractivity contribution in [3.05, 3.63) is 101 Å². The summed E-state index contributed by atoms with van der Waals surface area (Å²) in [6, 6.07) is 21.1. The zero-order valence-corrected chi connectivity index (χ0v) is 19.1. The molecule has 0 spiro atoms. The highest BCUT2D eigenvalue weighted by Crippen LogP contribution is 2.37. The van der Waals surface area contributed by atoms with Crippen molar-refractivity contribution < 1.29 is 17.9 Å². The molecule has 5 nitrogen and oxygen atoms in total. The maximum Gasteiger partial charge on any atom is 0.241 e. The second-order valence-corrected chi connectivity index (χ2v) is 10.4. The van der Waals surface area contributed by atoms with Crippen molar-refractivity contribution in [2.45, 2.75) is 10.9 Å². The number of hydrogen-bond acceptors (Lipinski definition) is 5. The highest BCUT2D eigenvalue weighted by atomic mass is 35.5. The summed E-state index contributed by atoms with van der Waals surface area (Å²) >= 11 is 8.01. The summed E-state index contributed by atoms with van der Waals surface area (Å²) in [6.45, 7) is 0.300. The monoisotopic (exact) mass is 483 g/mol. The average Bonchev–Trinajstić information content (AvgIpc) is 3.08. The van der Waals surface area contributed by atoms with Crippen molar-refractivity contribution in [2.24, 2.45) is 0 Å². The van der Waals surface area contributed by atoms with Gasteiger partial charge in [-0.2, -0.15) is 4.72 Å². The van der Waals surface area contributed by atoms with Crippen molar-refractivity contribution in [3.8, 4) is 11.5 Å². The van der Waals surface area contributed by atoms with Gasteiger partial charge in [0.2, 0.25) is 10.0 Å². The van der Waals surface area contributed by atoms with Gasteiger partial charge in [-0.15, -0.1) is 11.3 Å². The van der Waals surface area contributed by atoms with Crippen molar-refractivity contribution in [1.29, 1.82) is 0 Å². The van der Waals surface area contributed by atoms with E-state index in [1.54, 1.807) is 18.2 Å². The second-order valence-electron chi connectivity index (χ2n) is 7.17. The van der Waals surface area contributed by atoms with Gasteiger partial charge in [-0.3, -0.25) is 0 Å². The maximum absolute atomic E-state index is 13.4. The molecule has 3 aromatic carbocycles. The van der Waals surface area contributed by atoms with Crippen LogP contribution in [0.15, 0.2) is 90.0 Å². The molecule has 1 atom stereocenters. The van der Waals surface area contributed by atoms with Crippen LogP contribution in [0.4, 0.5) is 0 Å². The third-order valence-electron chi connectivity index (χ3n) is 5.07. The minimum absolute atomic E-state index is 0.0833. The van der Waals surface area contributed by atoms with E-state index in [0.717, 1.165) is 15.0 Å². The molecule has 0 radical (unpaired) electrons. The van der Waals surface area contributed by atoms with Gasteiger partial charge in [0.25, 0.3) is 0 Å². The molecule has 0 aliphatic carbocycles. The van der Waals surface area contributed by atoms with Crippen molar-refractivity contribution in [2.75, 3.05) is 6.61 Å². The Hall–Kier alpha value is -2.84. The number of thiophene rings is 1. The number of ether oxygens (including phenoxy) is 2. The van der Waals surface area contributed by atoms with E-state index in [1.807, 2.05) is 48.5 Å². The molecule has 8 heteroatoms. The Morgan fingerprint density at radius 1 is 0.969 bits per heavy atom. The zero-order valence-electron chi connectivity index (χ0n) is 16.7. The van der Waals surface area contributed by atoms with Gasteiger partial charge in [-0.05, 0) is 47.4 Å². The SMILES string of the molecule is O=S(=O)(N[C@@H](c1cc2ccccc2s1)c1ccccc1Cl)c1ccc2c(c1)OCC=CO2. The average molecular weight is 484 g/mol. The van der Waals surface area contributed by atoms with Crippen LogP contribution in [0.1, 0.15) is 16.5 Å². The lowest BCUT2D eigenvalue weighted by atomic mass is 10.1. The van der Waals surface area contributed by atoms with Crippen LogP contribution in [0.5, 0.6) is 11.5 Å². The lowest BCUT2D eigenvalue weighted by Crippen LogP contribution is -2.29. The van der Waals surface area contributed by atoms with E-state index in [2.05, 4.69) is 4.72 Å². The molecule has 0 bridgehead atoms. The third-order valence-corrected chi connectivity index (χ3v) is 8.02. The highest BCUT2D eigenvalue weighted by Gasteiger charge is 2.27. The Morgan fingerprint density at radius 2 is 1.78 bits per heavy atom. The lowest BCUT2D eigenvalue weighted by molar-refractivity contribution is 0.355. The molecule has 4 aromatic rings. The molecular formula is C24H18ClNO4S2. The van der Waals surface area contributed by atoms with Crippen molar-refractivity contribution in [3.63, 3.8) is 0 Å². The molecule has 0 fully saturated rings. The number of hydrogen-bond donors (Lipinski definition) is 1. The van der Waals surface area contributed by atoms with Crippen LogP contribution in [-0.2, 0) is 10.0 Å². The van der Waals surface area contributed by atoms with Gasteiger partial charge in [0.1, 0.15) is 6.61 Å². The standard InChI is InChI=1S/C24H18ClNO4S2/c25-19-8-3-2-7-18(19)24(23-14-16-6-1-4-9-22(16)31-23)26-32(27,28)17-10-11-20-21(15-17)30-13-5-12-29-20/h1-12,14-15,24,26H,13H2/t24-/m1/s1. The molecule has 5 rings (SSSR count). The highest BCUT2D eigenvalue weighted by molar-refractivity contribution is 7.89. The summed E-state index contributed by atoms with van der Waals surface area (Å²) in [6.07, 6.45) is 3.23. The number of fused-ring (bicyclic) bond motifs is 2. The Labute approximate surface area is 194 Å². The molecule has 1 aromatic heterocycles. The van der Waals surface area contributed by atoms with Gasteiger partial charge >= 0.3 is 0 Å². The summed E-state index contributed by atoms with van der Waals surface area (Å²) in [5.74, 6) is 0.832. The van der Waals surface area contributed by atoms with E-state index in [4.69, 9.17) is 21.1 Å². The van der Waals surface area contributed by atoms with Crippen molar-refractivity contribution >= 4 is 43.0 Å². The molecule has 0 amide bonds. The predicted molar refractivity (Wildman–Crippen MR) is 127 cm³/mol. The van der Waals surface area contributed by atoms with E-state index in [9.17, 15) is 8.42 Å². The first-order chi connectivity index (χ1) is 15.5. The normalized spacial score (nSPS) is 14.3. The van der Waals surface area contributed by atoms with Crippen LogP contribution in [0.3, 0.4) is 0 Å². The van der Waals surface area contributed by atoms with E-state index >= 15 is 0 Å². The fourth-order valence-corrected chi connectivity index (χ4v) is 6.18. The van der Waals surface area contributed by atoms with E-state index in [1.165, 1.54) is 29.7 Å². The fraction of sp³-hybridized carbons (Fsp3) is 0.0833. The Kier molecular flexibility index (Phi) is 5.65. The minimum atomic E-state index is -3.91. The first kappa shape index (κ1) is 21.0. The summed E-state index contributed by atoms with van der Waals surface area (Å²) in [4.78, 5) is 0.932. The Morgan fingerprint density at radius 3 is 2.62 bits per heavy atom. The molecule has 0 saturated heterocycles. The molecule has 2 heterocycles. The Bertz CT molecular complexity index is 1400. The third kappa shape index (κ3) is 4.12. The first-order valence-electron chi connectivity index (χ1n) is 9.85. The van der Waals surface area contributed by atoms with Crippen LogP contribution in [0.2, 0.25) is 5.02 Å². The van der Waals surface area contributed by atoms with Gasteiger partial charge in [0.15, 0.2) is 11.5 Å². The predicted octanol–water partition coefficient (Wildman–Crippen LogP) is 5.91. The zero-order chi connectivity index (χ0) is 22.1. The topological polar surface area (TPSA) is 64.6 Å². The Balaban J connectivity index is 1.56. The molecule has 0 unspecified atom stereocenters. The first-order valence-corrected chi connectivity index (χ1v) is 12.5. The lowest BCUT2D eigenvalue weighted by Gasteiger charge is -2.20. The molecule has 162 valence electrons. The van der Waals surface area contributed by atoms with Crippen LogP contribution in [0.25, 0.3) is 10.1 Å². The van der Waals surface area contributed by atoms with Gasteiger partial charge in [-0.1, -0.05) is 48.0 Å². The summed E-state index contributed by atoms with van der Waals surface area (Å²) in [5.41, 5.74) is 0.683. The quantitative estimate of drug-likeness (QED) is 0.383. The fourth-order valence-electron chi connectivity index (χ4n) is 3.52. The summed E-state index contributed by atoms with van der Waals surface area (Å²) < 4.78 is 41.8. The van der Waals surface area contributed by atoms with Crippen LogP contribution in [-0.4, -0.2) is 15.0 Å². The molecule has 1 N–H and O–H groups in total. The number of rotatable bonds is 5. The van der Waals surface area contributed by atoms with E-state index in [0.29, 0.717) is 28.7 Å². The van der Waals surface area contributed by atoms with Crippen LogP contribution in [0, 0.1) is 0 Å². The number of halogens is 1. The minimum Gasteiger partial charge on any atom is -0.485 e. The molecular weight excluding hydrogens is 466 g/mol. The van der Waals surface area contributed by atoms with E-state index < -0.39 is 16.1 Å². The number of sulfonamides is 1. The largest absolute Gasteiger partial charge is 0.485 e. The molecule has 32 heavy (non-hydrogen) atoms. The number of nitrogens with one attached hydrogen (secondary N) is 1. The van der Waals surface area contributed by atoms with Gasteiger partial charge in [0.05, 0.1) is 17.2 Å². The van der Waals surface area contributed by atoms with Crippen molar-refractivity contribution in [1.82, 2.24) is 4.72 Å². The van der Waals surface area contributed by atoms with Gasteiger partial charge in [-0.25, -0.2) is 8.42 Å². The second kappa shape index (κ2) is 8.60. The van der Waals surface area contributed by atoms with Gasteiger partial charge < -0.3 is 9.47 Å². The maximum atomic E-state index is 13.4. The molecule has 0 saturated carbocycles. The van der Waals surface area contributed by atoms with Crippen LogP contribution < -0.4 is 14.2 Å². The molecule has 1 aliphatic rings. The van der Waals surface area contributed by atoms with Crippen LogP contribution >= 0.6 is 22.9 Å². The number of benzene rings is 3. The summed E-state index contributed by atoms with van der Waals surface area (Å²) in [7, 11) is -3.91. The smallest absolute Gasteiger partial charge is 0.241 e. The van der Waals surface area contributed by atoms with E-state index in [-0.39, 0.29) is 4.90 Å².